The van der Waals surface area contributed by atoms with Gasteiger partial charge in [0.15, 0.2) is 0 Å². The molecular weight excluding hydrogens is 286 g/mol. The van der Waals surface area contributed by atoms with Gasteiger partial charge in [0.05, 0.1) is 0 Å². The first-order chi connectivity index (χ1) is 8.72. The highest BCUT2D eigenvalue weighted by Gasteiger charge is 2.33. The zero-order valence-corrected chi connectivity index (χ0v) is 12.7. The summed E-state index contributed by atoms with van der Waals surface area (Å²) in [5.41, 5.74) is 1.53. The minimum Gasteiger partial charge on any atom is -0.300 e. The van der Waals surface area contributed by atoms with E-state index in [-0.39, 0.29) is 0 Å². The molecule has 0 bridgehead atoms. The van der Waals surface area contributed by atoms with Crippen molar-refractivity contribution >= 4 is 15.9 Å². The van der Waals surface area contributed by atoms with Crippen molar-refractivity contribution in [1.82, 2.24) is 4.90 Å². The normalized spacial score (nSPS) is 32.4. The van der Waals surface area contributed by atoms with Crippen LogP contribution < -0.4 is 0 Å². The molecule has 1 aromatic carbocycles. The van der Waals surface area contributed by atoms with Gasteiger partial charge in [-0.05, 0) is 68.7 Å². The molecule has 1 aliphatic heterocycles. The molecule has 0 aromatic heterocycles. The fraction of sp³-hybridized carbons (Fsp3) is 0.625. The van der Waals surface area contributed by atoms with Crippen molar-refractivity contribution in [3.8, 4) is 0 Å². The van der Waals surface area contributed by atoms with Gasteiger partial charge in [0, 0.05) is 17.1 Å². The second-order valence-corrected chi connectivity index (χ2v) is 6.99. The van der Waals surface area contributed by atoms with Gasteiger partial charge in [0.2, 0.25) is 0 Å². The Bertz CT molecular complexity index is 394. The van der Waals surface area contributed by atoms with Crippen molar-refractivity contribution in [2.75, 3.05) is 13.1 Å². The third kappa shape index (κ3) is 2.65. The summed E-state index contributed by atoms with van der Waals surface area (Å²) in [6, 6.07) is 9.74. The Kier molecular flexibility index (Phi) is 3.76. The van der Waals surface area contributed by atoms with Crippen LogP contribution in [0.5, 0.6) is 0 Å². The standard InChI is InChI=1S/C16H22BrN/c1-12-3-2-8-18(12)11-13-9-15(10-13)14-4-6-16(17)7-5-14/h4-7,12-13,15H,2-3,8-11H2,1H3/t12-,13-,15-/m1/s1. The van der Waals surface area contributed by atoms with Crippen LogP contribution in [-0.4, -0.2) is 24.0 Å². The van der Waals surface area contributed by atoms with Gasteiger partial charge >= 0.3 is 0 Å². The molecule has 1 aliphatic carbocycles. The Balaban J connectivity index is 1.49. The van der Waals surface area contributed by atoms with Crippen molar-refractivity contribution < 1.29 is 0 Å². The molecule has 1 heterocycles. The molecule has 2 fully saturated rings. The summed E-state index contributed by atoms with van der Waals surface area (Å²) >= 11 is 3.50. The smallest absolute Gasteiger partial charge is 0.0175 e. The summed E-state index contributed by atoms with van der Waals surface area (Å²) in [5, 5.41) is 0. The van der Waals surface area contributed by atoms with Crippen LogP contribution in [0.1, 0.15) is 44.1 Å². The Labute approximate surface area is 119 Å². The number of halogens is 1. The highest BCUT2D eigenvalue weighted by atomic mass is 79.9. The zero-order valence-electron chi connectivity index (χ0n) is 11.1. The average Bonchev–Trinajstić information content (AvgIpc) is 2.71. The second-order valence-electron chi connectivity index (χ2n) is 6.07. The van der Waals surface area contributed by atoms with Crippen LogP contribution in [0.2, 0.25) is 0 Å². The van der Waals surface area contributed by atoms with E-state index in [1.54, 1.807) is 0 Å². The lowest BCUT2D eigenvalue weighted by Gasteiger charge is -2.39. The van der Waals surface area contributed by atoms with E-state index in [2.05, 4.69) is 52.0 Å². The lowest BCUT2D eigenvalue weighted by Crippen LogP contribution is -2.37. The minimum atomic E-state index is 0.820. The zero-order chi connectivity index (χ0) is 12.5. The second kappa shape index (κ2) is 5.34. The van der Waals surface area contributed by atoms with Gasteiger partial charge < -0.3 is 4.90 Å². The fourth-order valence-electron chi connectivity index (χ4n) is 3.49. The fourth-order valence-corrected chi connectivity index (χ4v) is 3.75. The van der Waals surface area contributed by atoms with E-state index in [9.17, 15) is 0 Å². The molecule has 0 amide bonds. The number of benzene rings is 1. The van der Waals surface area contributed by atoms with E-state index < -0.39 is 0 Å². The summed E-state index contributed by atoms with van der Waals surface area (Å²) in [7, 11) is 0. The number of nitrogens with zero attached hydrogens (tertiary/aromatic N) is 1. The van der Waals surface area contributed by atoms with E-state index in [1.165, 1.54) is 48.8 Å². The van der Waals surface area contributed by atoms with Crippen molar-refractivity contribution in [2.45, 2.75) is 44.6 Å². The summed E-state index contributed by atoms with van der Waals surface area (Å²) < 4.78 is 1.19. The molecule has 1 nitrogen and oxygen atoms in total. The maximum absolute atomic E-state index is 3.50. The van der Waals surface area contributed by atoms with Crippen molar-refractivity contribution in [3.05, 3.63) is 34.3 Å². The quantitative estimate of drug-likeness (QED) is 0.798. The van der Waals surface area contributed by atoms with Gasteiger partial charge in [0.1, 0.15) is 0 Å². The third-order valence-electron chi connectivity index (χ3n) is 4.76. The van der Waals surface area contributed by atoms with Crippen LogP contribution in [-0.2, 0) is 0 Å². The molecule has 0 spiro atoms. The minimum absolute atomic E-state index is 0.820. The van der Waals surface area contributed by atoms with Gasteiger partial charge in [-0.2, -0.15) is 0 Å². The number of hydrogen-bond acceptors (Lipinski definition) is 1. The topological polar surface area (TPSA) is 3.24 Å². The number of hydrogen-bond donors (Lipinski definition) is 0. The third-order valence-corrected chi connectivity index (χ3v) is 5.29. The predicted octanol–water partition coefficient (Wildman–Crippen LogP) is 4.43. The highest BCUT2D eigenvalue weighted by molar-refractivity contribution is 9.10. The summed E-state index contributed by atoms with van der Waals surface area (Å²) in [4.78, 5) is 2.70. The Morgan fingerprint density at radius 1 is 1.22 bits per heavy atom. The molecule has 98 valence electrons. The molecule has 1 aromatic rings. The largest absolute Gasteiger partial charge is 0.300 e. The van der Waals surface area contributed by atoms with E-state index >= 15 is 0 Å². The van der Waals surface area contributed by atoms with Crippen LogP contribution in [0.3, 0.4) is 0 Å². The highest BCUT2D eigenvalue weighted by Crippen LogP contribution is 2.42. The van der Waals surface area contributed by atoms with Crippen molar-refractivity contribution in [3.63, 3.8) is 0 Å². The average molecular weight is 308 g/mol. The first-order valence-electron chi connectivity index (χ1n) is 7.22. The first-order valence-corrected chi connectivity index (χ1v) is 8.01. The Morgan fingerprint density at radius 2 is 1.94 bits per heavy atom. The molecule has 1 saturated heterocycles. The van der Waals surface area contributed by atoms with Gasteiger partial charge in [0.25, 0.3) is 0 Å². The van der Waals surface area contributed by atoms with Crippen LogP contribution in [0, 0.1) is 5.92 Å². The van der Waals surface area contributed by atoms with Gasteiger partial charge in [-0.3, -0.25) is 0 Å². The van der Waals surface area contributed by atoms with Gasteiger partial charge in [-0.15, -0.1) is 0 Å². The van der Waals surface area contributed by atoms with Crippen LogP contribution in [0.4, 0.5) is 0 Å². The molecule has 18 heavy (non-hydrogen) atoms. The maximum Gasteiger partial charge on any atom is 0.0175 e. The van der Waals surface area contributed by atoms with Gasteiger partial charge in [-0.1, -0.05) is 28.1 Å². The molecule has 0 N–H and O–H groups in total. The maximum atomic E-state index is 3.50. The number of likely N-dealkylation sites (tertiary alicyclic amines) is 1. The lowest BCUT2D eigenvalue weighted by atomic mass is 9.71. The Hall–Kier alpha value is -0.340. The van der Waals surface area contributed by atoms with Crippen molar-refractivity contribution in [1.29, 1.82) is 0 Å². The van der Waals surface area contributed by atoms with E-state index in [0.717, 1.165) is 17.9 Å². The molecular formula is C16H22BrN. The van der Waals surface area contributed by atoms with E-state index in [0.29, 0.717) is 0 Å². The van der Waals surface area contributed by atoms with Crippen LogP contribution >= 0.6 is 15.9 Å². The molecule has 3 rings (SSSR count). The molecule has 1 atom stereocenters. The summed E-state index contributed by atoms with van der Waals surface area (Å²) in [5.74, 6) is 1.76. The molecule has 2 aliphatic rings. The molecule has 1 saturated carbocycles. The van der Waals surface area contributed by atoms with Crippen LogP contribution in [0.25, 0.3) is 0 Å². The molecule has 0 unspecified atom stereocenters. The monoisotopic (exact) mass is 307 g/mol. The van der Waals surface area contributed by atoms with Gasteiger partial charge in [-0.25, -0.2) is 0 Å². The van der Waals surface area contributed by atoms with Crippen molar-refractivity contribution in [2.24, 2.45) is 5.92 Å². The SMILES string of the molecule is C[C@@H]1CCCN1C[C@H]1C[C@H](c2ccc(Br)cc2)C1. The Morgan fingerprint density at radius 3 is 2.56 bits per heavy atom. The van der Waals surface area contributed by atoms with E-state index in [1.807, 2.05) is 0 Å². The predicted molar refractivity (Wildman–Crippen MR) is 79.9 cm³/mol. The van der Waals surface area contributed by atoms with Crippen LogP contribution in [0.15, 0.2) is 28.7 Å². The molecule has 0 radical (unpaired) electrons. The van der Waals surface area contributed by atoms with E-state index in [4.69, 9.17) is 0 Å². The molecule has 2 heteroatoms. The lowest BCUT2D eigenvalue weighted by molar-refractivity contribution is 0.154. The number of rotatable bonds is 3. The summed E-state index contributed by atoms with van der Waals surface area (Å²) in [6.45, 7) is 5.06. The first kappa shape index (κ1) is 12.7. The summed E-state index contributed by atoms with van der Waals surface area (Å²) in [6.07, 6.45) is 5.60.